The van der Waals surface area contributed by atoms with E-state index < -0.39 is 0 Å². The lowest BCUT2D eigenvalue weighted by molar-refractivity contribution is -0.132. The maximum Gasteiger partial charge on any atom is 0.274 e. The van der Waals surface area contributed by atoms with Crippen molar-refractivity contribution in [2.24, 2.45) is 0 Å². The zero-order valence-electron chi connectivity index (χ0n) is 17.8. The normalized spacial score (nSPS) is 15.0. The molecule has 1 fully saturated rings. The molecule has 0 unspecified atom stereocenters. The lowest BCUT2D eigenvalue weighted by atomic mass is 10.0. The molecule has 0 atom stereocenters. The highest BCUT2D eigenvalue weighted by atomic mass is 32.1. The number of nitrogens with zero attached hydrogens (tertiary/aromatic N) is 2. The van der Waals surface area contributed by atoms with Crippen LogP contribution in [0.1, 0.15) is 43.7 Å². The van der Waals surface area contributed by atoms with Crippen LogP contribution in [-0.4, -0.2) is 42.1 Å². The molecule has 2 aromatic carbocycles. The molecule has 0 spiro atoms. The second-order valence-electron chi connectivity index (χ2n) is 8.08. The summed E-state index contributed by atoms with van der Waals surface area (Å²) in [4.78, 5) is 19.2. The van der Waals surface area contributed by atoms with Crippen LogP contribution in [0.25, 0.3) is 10.2 Å². The van der Waals surface area contributed by atoms with Crippen molar-refractivity contribution in [2.75, 3.05) is 20.2 Å². The van der Waals surface area contributed by atoms with E-state index in [1.165, 1.54) is 5.56 Å². The number of amides is 1. The largest absolute Gasteiger partial charge is 0.497 e. The number of methoxy groups -OCH3 is 1. The number of carbonyl (C=O) groups excluding carboxylic acids is 1. The van der Waals surface area contributed by atoms with Crippen molar-refractivity contribution in [3.8, 4) is 10.9 Å². The van der Waals surface area contributed by atoms with Crippen LogP contribution >= 0.6 is 11.3 Å². The Morgan fingerprint density at radius 3 is 2.57 bits per heavy atom. The van der Waals surface area contributed by atoms with Crippen LogP contribution in [0.5, 0.6) is 10.9 Å². The third-order valence-electron chi connectivity index (χ3n) is 5.64. The molecule has 0 saturated carbocycles. The van der Waals surface area contributed by atoms with Gasteiger partial charge in [-0.2, -0.15) is 0 Å². The zero-order chi connectivity index (χ0) is 21.1. The summed E-state index contributed by atoms with van der Waals surface area (Å²) in [5.74, 6) is 1.49. The molecule has 0 radical (unpaired) electrons. The molecule has 1 aliphatic heterocycles. The van der Waals surface area contributed by atoms with Gasteiger partial charge in [0.05, 0.1) is 23.7 Å². The van der Waals surface area contributed by atoms with E-state index >= 15 is 0 Å². The zero-order valence-corrected chi connectivity index (χ0v) is 18.6. The van der Waals surface area contributed by atoms with Crippen molar-refractivity contribution in [3.05, 3.63) is 53.6 Å². The van der Waals surface area contributed by atoms with Crippen molar-refractivity contribution in [3.63, 3.8) is 0 Å². The minimum absolute atomic E-state index is 0.0989. The quantitative estimate of drug-likeness (QED) is 0.556. The van der Waals surface area contributed by atoms with Gasteiger partial charge in [0.1, 0.15) is 11.9 Å². The Labute approximate surface area is 181 Å². The van der Waals surface area contributed by atoms with Crippen LogP contribution in [0, 0.1) is 0 Å². The highest BCUT2D eigenvalue weighted by molar-refractivity contribution is 7.20. The van der Waals surface area contributed by atoms with Crippen molar-refractivity contribution in [1.82, 2.24) is 9.88 Å². The number of rotatable bonds is 6. The summed E-state index contributed by atoms with van der Waals surface area (Å²) in [6.45, 7) is 5.81. The molecule has 3 aromatic rings. The van der Waals surface area contributed by atoms with Crippen molar-refractivity contribution in [1.29, 1.82) is 0 Å². The molecule has 30 heavy (non-hydrogen) atoms. The van der Waals surface area contributed by atoms with Gasteiger partial charge < -0.3 is 14.4 Å². The number of hydrogen-bond acceptors (Lipinski definition) is 5. The van der Waals surface area contributed by atoms with E-state index in [2.05, 4.69) is 43.1 Å². The molecule has 4 rings (SSSR count). The number of benzene rings is 2. The van der Waals surface area contributed by atoms with E-state index in [0.717, 1.165) is 47.5 Å². The number of thiazole rings is 1. The van der Waals surface area contributed by atoms with Crippen LogP contribution in [0.4, 0.5) is 0 Å². The topological polar surface area (TPSA) is 51.7 Å². The number of aromatic nitrogens is 1. The number of likely N-dealkylation sites (tertiary alicyclic amines) is 1. The van der Waals surface area contributed by atoms with Crippen molar-refractivity contribution in [2.45, 2.75) is 45.1 Å². The first-order chi connectivity index (χ1) is 14.5. The van der Waals surface area contributed by atoms with Gasteiger partial charge in [-0.15, -0.1) is 0 Å². The highest BCUT2D eigenvalue weighted by Crippen LogP contribution is 2.32. The standard InChI is InChI=1S/C24H28N2O3S/c1-16(2)18-6-4-17(5-7-18)14-23(27)26-12-10-19(11-13-26)29-24-25-21-15-20(28-3)8-9-22(21)30-24/h4-9,15-16,19H,10-14H2,1-3H3. The van der Waals surface area contributed by atoms with Gasteiger partial charge in [-0.3, -0.25) is 4.79 Å². The van der Waals surface area contributed by atoms with Crippen LogP contribution in [0.2, 0.25) is 0 Å². The maximum atomic E-state index is 12.7. The van der Waals surface area contributed by atoms with E-state index in [9.17, 15) is 4.79 Å². The second kappa shape index (κ2) is 9.04. The SMILES string of the molecule is COc1ccc2sc(OC3CCN(C(=O)Cc4ccc(C(C)C)cc4)CC3)nc2c1. The predicted molar refractivity (Wildman–Crippen MR) is 121 cm³/mol. The molecule has 1 amide bonds. The lowest BCUT2D eigenvalue weighted by Crippen LogP contribution is -2.42. The molecular weight excluding hydrogens is 396 g/mol. The molecule has 1 aromatic heterocycles. The summed E-state index contributed by atoms with van der Waals surface area (Å²) in [6, 6.07) is 14.3. The maximum absolute atomic E-state index is 12.7. The Bertz CT molecular complexity index is 1000. The smallest absolute Gasteiger partial charge is 0.274 e. The number of ether oxygens (including phenoxy) is 2. The average molecular weight is 425 g/mol. The fraction of sp³-hybridized carbons (Fsp3) is 0.417. The fourth-order valence-corrected chi connectivity index (χ4v) is 4.60. The van der Waals surface area contributed by atoms with Gasteiger partial charge in [-0.1, -0.05) is 49.4 Å². The van der Waals surface area contributed by atoms with Gasteiger partial charge in [0, 0.05) is 32.0 Å². The van der Waals surface area contributed by atoms with Crippen molar-refractivity contribution >= 4 is 27.5 Å². The van der Waals surface area contributed by atoms with E-state index in [0.29, 0.717) is 17.5 Å². The Hall–Kier alpha value is -2.60. The summed E-state index contributed by atoms with van der Waals surface area (Å²) >= 11 is 1.55. The Morgan fingerprint density at radius 1 is 1.17 bits per heavy atom. The van der Waals surface area contributed by atoms with Gasteiger partial charge in [0.15, 0.2) is 0 Å². The second-order valence-corrected chi connectivity index (χ2v) is 9.08. The molecule has 158 valence electrons. The number of fused-ring (bicyclic) bond motifs is 1. The highest BCUT2D eigenvalue weighted by Gasteiger charge is 2.25. The first kappa shape index (κ1) is 20.7. The summed E-state index contributed by atoms with van der Waals surface area (Å²) < 4.78 is 12.5. The van der Waals surface area contributed by atoms with Crippen LogP contribution in [-0.2, 0) is 11.2 Å². The molecule has 2 heterocycles. The first-order valence-electron chi connectivity index (χ1n) is 10.5. The number of carbonyl (C=O) groups is 1. The third-order valence-corrected chi connectivity index (χ3v) is 6.57. The van der Waals surface area contributed by atoms with Gasteiger partial charge >= 0.3 is 0 Å². The molecule has 0 aliphatic carbocycles. The van der Waals surface area contributed by atoms with Crippen LogP contribution < -0.4 is 9.47 Å². The van der Waals surface area contributed by atoms with E-state index in [1.54, 1.807) is 18.4 Å². The minimum Gasteiger partial charge on any atom is -0.497 e. The number of piperidine rings is 1. The van der Waals surface area contributed by atoms with Gasteiger partial charge in [-0.05, 0) is 29.2 Å². The predicted octanol–water partition coefficient (Wildman–Crippen LogP) is 5.04. The lowest BCUT2D eigenvalue weighted by Gasteiger charge is -2.31. The third kappa shape index (κ3) is 4.75. The summed E-state index contributed by atoms with van der Waals surface area (Å²) in [6.07, 6.45) is 2.22. The van der Waals surface area contributed by atoms with Gasteiger partial charge in [0.2, 0.25) is 5.91 Å². The number of hydrogen-bond donors (Lipinski definition) is 0. The first-order valence-corrected chi connectivity index (χ1v) is 11.3. The fourth-order valence-electron chi connectivity index (χ4n) is 3.74. The van der Waals surface area contributed by atoms with Crippen molar-refractivity contribution < 1.29 is 14.3 Å². The molecule has 1 saturated heterocycles. The minimum atomic E-state index is 0.0989. The monoisotopic (exact) mass is 424 g/mol. The van der Waals surface area contributed by atoms with Crippen LogP contribution in [0.3, 0.4) is 0 Å². The van der Waals surface area contributed by atoms with Gasteiger partial charge in [-0.25, -0.2) is 4.98 Å². The molecule has 1 aliphatic rings. The Morgan fingerprint density at radius 2 is 1.90 bits per heavy atom. The van der Waals surface area contributed by atoms with Gasteiger partial charge in [0.25, 0.3) is 5.19 Å². The van der Waals surface area contributed by atoms with E-state index in [4.69, 9.17) is 9.47 Å². The van der Waals surface area contributed by atoms with E-state index in [1.807, 2.05) is 23.1 Å². The molecule has 5 nitrogen and oxygen atoms in total. The Balaban J connectivity index is 1.29. The molecule has 0 bridgehead atoms. The molecule has 0 N–H and O–H groups in total. The average Bonchev–Trinajstić information content (AvgIpc) is 3.15. The molecular formula is C24H28N2O3S. The summed E-state index contributed by atoms with van der Waals surface area (Å²) in [5.41, 5.74) is 3.27. The summed E-state index contributed by atoms with van der Waals surface area (Å²) in [5, 5.41) is 0.688. The van der Waals surface area contributed by atoms with Crippen LogP contribution in [0.15, 0.2) is 42.5 Å². The Kier molecular flexibility index (Phi) is 6.23. The summed E-state index contributed by atoms with van der Waals surface area (Å²) in [7, 11) is 1.65. The molecule has 6 heteroatoms. The van der Waals surface area contributed by atoms with E-state index in [-0.39, 0.29) is 12.0 Å².